The third kappa shape index (κ3) is 3.53. The number of anilines is 2. The summed E-state index contributed by atoms with van der Waals surface area (Å²) in [5.74, 6) is -0.300. The van der Waals surface area contributed by atoms with E-state index in [1.165, 1.54) is 0 Å². The van der Waals surface area contributed by atoms with Gasteiger partial charge in [-0.1, -0.05) is 24.3 Å². The van der Waals surface area contributed by atoms with Crippen molar-refractivity contribution in [3.8, 4) is 0 Å². The van der Waals surface area contributed by atoms with E-state index in [9.17, 15) is 4.79 Å². The number of pyridine rings is 1. The molecule has 1 heterocycles. The second-order valence-corrected chi connectivity index (χ2v) is 4.15. The van der Waals surface area contributed by atoms with Crippen LogP contribution in [0, 0.1) is 0 Å². The molecule has 2 aromatic rings. The summed E-state index contributed by atoms with van der Waals surface area (Å²) in [5, 5.41) is 12.0. The predicted molar refractivity (Wildman–Crippen MR) is 73.3 cm³/mol. The molecule has 1 aromatic heterocycles. The van der Waals surface area contributed by atoms with Gasteiger partial charge in [0, 0.05) is 18.3 Å². The molecule has 0 fully saturated rings. The number of aliphatic carboxylic acids is 1. The van der Waals surface area contributed by atoms with Crippen LogP contribution in [0.3, 0.4) is 0 Å². The van der Waals surface area contributed by atoms with Crippen LogP contribution in [-0.2, 0) is 11.2 Å². The molecule has 0 aliphatic rings. The summed E-state index contributed by atoms with van der Waals surface area (Å²) in [6.45, 7) is 0. The number of para-hydroxylation sites is 1. The summed E-state index contributed by atoms with van der Waals surface area (Å²) < 4.78 is 0. The molecule has 0 saturated heterocycles. The van der Waals surface area contributed by atoms with Gasteiger partial charge in [-0.15, -0.1) is 0 Å². The highest BCUT2D eigenvalue weighted by Crippen LogP contribution is 2.20. The zero-order chi connectivity index (χ0) is 13.7. The lowest BCUT2D eigenvalue weighted by Crippen LogP contribution is -2.32. The average molecular weight is 257 g/mol. The number of carbonyl (C=O) groups is 1. The quantitative estimate of drug-likeness (QED) is 0.759. The van der Waals surface area contributed by atoms with E-state index in [0.29, 0.717) is 5.82 Å². The normalized spacial score (nSPS) is 11.8. The van der Waals surface area contributed by atoms with Crippen molar-refractivity contribution in [3.05, 3.63) is 54.2 Å². The minimum Gasteiger partial charge on any atom is -0.480 e. The van der Waals surface area contributed by atoms with E-state index in [4.69, 9.17) is 10.8 Å². The number of aromatic nitrogens is 1. The third-order valence-corrected chi connectivity index (χ3v) is 2.70. The first-order valence-corrected chi connectivity index (χ1v) is 5.91. The molecule has 1 atom stereocenters. The number of benzene rings is 1. The van der Waals surface area contributed by atoms with Crippen molar-refractivity contribution < 1.29 is 9.90 Å². The van der Waals surface area contributed by atoms with E-state index < -0.39 is 12.0 Å². The zero-order valence-electron chi connectivity index (χ0n) is 10.3. The lowest BCUT2D eigenvalue weighted by atomic mass is 10.0. The number of rotatable bonds is 5. The Labute approximate surface area is 111 Å². The molecule has 0 amide bonds. The molecule has 0 unspecified atom stereocenters. The van der Waals surface area contributed by atoms with Crippen LogP contribution in [0.15, 0.2) is 48.7 Å². The second kappa shape index (κ2) is 5.97. The van der Waals surface area contributed by atoms with Crippen LogP contribution in [-0.4, -0.2) is 22.1 Å². The molecule has 0 bridgehead atoms. The monoisotopic (exact) mass is 257 g/mol. The van der Waals surface area contributed by atoms with Crippen molar-refractivity contribution in [2.24, 2.45) is 5.73 Å². The number of nitrogens with two attached hydrogens (primary N) is 1. The van der Waals surface area contributed by atoms with Gasteiger partial charge in [-0.25, -0.2) is 4.98 Å². The number of carboxylic acids is 1. The van der Waals surface area contributed by atoms with Crippen LogP contribution < -0.4 is 11.1 Å². The van der Waals surface area contributed by atoms with Gasteiger partial charge in [0.25, 0.3) is 0 Å². The average Bonchev–Trinajstić information content (AvgIpc) is 2.42. The van der Waals surface area contributed by atoms with Gasteiger partial charge in [-0.3, -0.25) is 4.79 Å². The van der Waals surface area contributed by atoms with Gasteiger partial charge in [0.05, 0.1) is 0 Å². The molecule has 0 aliphatic heterocycles. The number of hydrogen-bond donors (Lipinski definition) is 3. The van der Waals surface area contributed by atoms with Crippen LogP contribution in [0.4, 0.5) is 11.5 Å². The summed E-state index contributed by atoms with van der Waals surface area (Å²) in [6.07, 6.45) is 1.96. The Morgan fingerprint density at radius 3 is 2.68 bits per heavy atom. The number of hydrogen-bond acceptors (Lipinski definition) is 4. The molecule has 0 saturated carbocycles. The van der Waals surface area contributed by atoms with Gasteiger partial charge in [-0.05, 0) is 23.8 Å². The van der Waals surface area contributed by atoms with E-state index >= 15 is 0 Å². The topological polar surface area (TPSA) is 88.2 Å². The molecule has 98 valence electrons. The van der Waals surface area contributed by atoms with Crippen LogP contribution in [0.2, 0.25) is 0 Å². The summed E-state index contributed by atoms with van der Waals surface area (Å²) in [5.41, 5.74) is 7.24. The van der Waals surface area contributed by atoms with E-state index in [2.05, 4.69) is 10.3 Å². The molecular weight excluding hydrogens is 242 g/mol. The first-order chi connectivity index (χ1) is 9.16. The smallest absolute Gasteiger partial charge is 0.320 e. The molecule has 0 spiro atoms. The van der Waals surface area contributed by atoms with Crippen molar-refractivity contribution in [2.45, 2.75) is 12.5 Å². The van der Waals surface area contributed by atoms with Crippen LogP contribution >= 0.6 is 0 Å². The van der Waals surface area contributed by atoms with Crippen molar-refractivity contribution in [3.63, 3.8) is 0 Å². The van der Waals surface area contributed by atoms with Gasteiger partial charge >= 0.3 is 5.97 Å². The fourth-order valence-corrected chi connectivity index (χ4v) is 1.72. The lowest BCUT2D eigenvalue weighted by molar-refractivity contribution is -0.138. The summed E-state index contributed by atoms with van der Waals surface area (Å²) in [6, 6.07) is 12.1. The molecular formula is C14H15N3O2. The highest BCUT2D eigenvalue weighted by atomic mass is 16.4. The first kappa shape index (κ1) is 13.0. The Balaban J connectivity index is 2.19. The second-order valence-electron chi connectivity index (χ2n) is 4.15. The zero-order valence-corrected chi connectivity index (χ0v) is 10.3. The summed E-state index contributed by atoms with van der Waals surface area (Å²) in [7, 11) is 0. The van der Waals surface area contributed by atoms with Gasteiger partial charge in [0.2, 0.25) is 0 Å². The van der Waals surface area contributed by atoms with E-state index in [1.807, 2.05) is 42.5 Å². The minimum atomic E-state index is -1.01. The Hall–Kier alpha value is -2.40. The fourth-order valence-electron chi connectivity index (χ4n) is 1.72. The Kier molecular flexibility index (Phi) is 4.10. The maximum absolute atomic E-state index is 10.8. The molecule has 1 aromatic carbocycles. The Morgan fingerprint density at radius 1 is 1.26 bits per heavy atom. The van der Waals surface area contributed by atoms with Crippen molar-refractivity contribution >= 4 is 17.5 Å². The Bertz CT molecular complexity index is 558. The molecule has 5 heteroatoms. The fraction of sp³-hybridized carbons (Fsp3) is 0.143. The molecule has 19 heavy (non-hydrogen) atoms. The third-order valence-electron chi connectivity index (χ3n) is 2.70. The van der Waals surface area contributed by atoms with Crippen molar-refractivity contribution in [2.75, 3.05) is 5.32 Å². The largest absolute Gasteiger partial charge is 0.480 e. The Morgan fingerprint density at radius 2 is 2.00 bits per heavy atom. The van der Waals surface area contributed by atoms with Gasteiger partial charge < -0.3 is 16.2 Å². The van der Waals surface area contributed by atoms with Crippen LogP contribution in [0.1, 0.15) is 5.56 Å². The van der Waals surface area contributed by atoms with Crippen molar-refractivity contribution in [1.82, 2.24) is 4.98 Å². The molecule has 0 radical (unpaired) electrons. The lowest BCUT2D eigenvalue weighted by Gasteiger charge is -2.13. The maximum Gasteiger partial charge on any atom is 0.320 e. The van der Waals surface area contributed by atoms with Crippen molar-refractivity contribution in [1.29, 1.82) is 0 Å². The van der Waals surface area contributed by atoms with E-state index in [1.54, 1.807) is 6.20 Å². The van der Waals surface area contributed by atoms with Gasteiger partial charge in [0.15, 0.2) is 0 Å². The highest BCUT2D eigenvalue weighted by molar-refractivity contribution is 5.74. The molecule has 2 rings (SSSR count). The first-order valence-electron chi connectivity index (χ1n) is 5.91. The number of nitrogens with zero attached hydrogens (tertiary/aromatic N) is 1. The van der Waals surface area contributed by atoms with Gasteiger partial charge in [0.1, 0.15) is 11.9 Å². The SMILES string of the molecule is N[C@@H](Cc1ccccc1Nc1ccccn1)C(=O)O. The van der Waals surface area contributed by atoms with E-state index in [-0.39, 0.29) is 6.42 Å². The summed E-state index contributed by atoms with van der Waals surface area (Å²) >= 11 is 0. The van der Waals surface area contributed by atoms with Crippen LogP contribution in [0.25, 0.3) is 0 Å². The minimum absolute atomic E-state index is 0.269. The highest BCUT2D eigenvalue weighted by Gasteiger charge is 2.14. The van der Waals surface area contributed by atoms with E-state index in [0.717, 1.165) is 11.3 Å². The maximum atomic E-state index is 10.8. The molecule has 0 aliphatic carbocycles. The predicted octanol–water partition coefficient (Wildman–Crippen LogP) is 1.78. The number of carboxylic acid groups (broad SMARTS) is 1. The van der Waals surface area contributed by atoms with Gasteiger partial charge in [-0.2, -0.15) is 0 Å². The molecule has 5 nitrogen and oxygen atoms in total. The van der Waals surface area contributed by atoms with Crippen LogP contribution in [0.5, 0.6) is 0 Å². The number of nitrogens with one attached hydrogen (secondary N) is 1. The molecule has 4 N–H and O–H groups in total. The standard InChI is InChI=1S/C14H15N3O2/c15-11(14(18)19)9-10-5-1-2-6-12(10)17-13-7-3-4-8-16-13/h1-8,11H,9,15H2,(H,16,17)(H,18,19)/t11-/m0/s1. The summed E-state index contributed by atoms with van der Waals surface area (Å²) in [4.78, 5) is 15.0.